The number of alkyl halides is 3. The summed E-state index contributed by atoms with van der Waals surface area (Å²) < 4.78 is 38.9. The number of rotatable bonds is 0. The summed E-state index contributed by atoms with van der Waals surface area (Å²) >= 11 is 0. The maximum absolute atomic E-state index is 12.7. The Kier molecular flexibility index (Phi) is 2.45. The van der Waals surface area contributed by atoms with Crippen molar-refractivity contribution >= 4 is 16.8 Å². The highest BCUT2D eigenvalue weighted by molar-refractivity contribution is 5.92. The SMILES string of the molecule is CC(=O)n1nc(C(F)(F)F)c2ccc(C)cc21. The molecule has 1 heterocycles. The second-order valence-corrected chi connectivity index (χ2v) is 3.80. The zero-order valence-corrected chi connectivity index (χ0v) is 9.17. The van der Waals surface area contributed by atoms with Crippen molar-refractivity contribution in [1.82, 2.24) is 9.78 Å². The maximum atomic E-state index is 12.7. The van der Waals surface area contributed by atoms with Crippen molar-refractivity contribution in [2.75, 3.05) is 0 Å². The van der Waals surface area contributed by atoms with Gasteiger partial charge in [-0.1, -0.05) is 12.1 Å². The second kappa shape index (κ2) is 3.58. The van der Waals surface area contributed by atoms with Gasteiger partial charge in [0, 0.05) is 12.3 Å². The van der Waals surface area contributed by atoms with Crippen molar-refractivity contribution < 1.29 is 18.0 Å². The van der Waals surface area contributed by atoms with Crippen molar-refractivity contribution in [3.8, 4) is 0 Å². The summed E-state index contributed by atoms with van der Waals surface area (Å²) in [6.07, 6.45) is -4.56. The molecule has 2 aromatic rings. The van der Waals surface area contributed by atoms with Gasteiger partial charge in [-0.15, -0.1) is 0 Å². The van der Waals surface area contributed by atoms with Crippen molar-refractivity contribution in [2.45, 2.75) is 20.0 Å². The number of hydrogen-bond donors (Lipinski definition) is 0. The molecule has 0 aliphatic rings. The minimum Gasteiger partial charge on any atom is -0.273 e. The molecule has 0 saturated carbocycles. The topological polar surface area (TPSA) is 34.9 Å². The van der Waals surface area contributed by atoms with Crippen LogP contribution in [0.25, 0.3) is 10.9 Å². The molecule has 0 spiro atoms. The number of halogens is 3. The lowest BCUT2D eigenvalue weighted by Crippen LogP contribution is -2.11. The molecular formula is C11H9F3N2O. The van der Waals surface area contributed by atoms with Crippen LogP contribution in [-0.2, 0) is 6.18 Å². The Hall–Kier alpha value is -1.85. The van der Waals surface area contributed by atoms with Crippen LogP contribution in [0.5, 0.6) is 0 Å². The molecule has 1 aromatic heterocycles. The van der Waals surface area contributed by atoms with Gasteiger partial charge in [0.25, 0.3) is 0 Å². The van der Waals surface area contributed by atoms with Gasteiger partial charge >= 0.3 is 6.18 Å². The molecule has 0 atom stereocenters. The number of aromatic nitrogens is 2. The van der Waals surface area contributed by atoms with E-state index in [1.165, 1.54) is 19.1 Å². The molecule has 1 aromatic carbocycles. The van der Waals surface area contributed by atoms with E-state index >= 15 is 0 Å². The van der Waals surface area contributed by atoms with Gasteiger partial charge in [-0.05, 0) is 18.6 Å². The molecule has 6 heteroatoms. The lowest BCUT2D eigenvalue weighted by molar-refractivity contribution is -0.140. The Morgan fingerprint density at radius 3 is 2.53 bits per heavy atom. The summed E-state index contributed by atoms with van der Waals surface area (Å²) in [7, 11) is 0. The van der Waals surface area contributed by atoms with Gasteiger partial charge in [0.05, 0.1) is 5.52 Å². The zero-order chi connectivity index (χ0) is 12.8. The van der Waals surface area contributed by atoms with Crippen LogP contribution in [-0.4, -0.2) is 15.7 Å². The third-order valence-corrected chi connectivity index (χ3v) is 2.40. The number of fused-ring (bicyclic) bond motifs is 1. The largest absolute Gasteiger partial charge is 0.435 e. The highest BCUT2D eigenvalue weighted by atomic mass is 19.4. The van der Waals surface area contributed by atoms with Crippen molar-refractivity contribution in [3.63, 3.8) is 0 Å². The Labute approximate surface area is 94.8 Å². The van der Waals surface area contributed by atoms with Gasteiger partial charge in [-0.2, -0.15) is 23.0 Å². The van der Waals surface area contributed by atoms with Gasteiger partial charge < -0.3 is 0 Å². The molecule has 0 radical (unpaired) electrons. The maximum Gasteiger partial charge on any atom is 0.435 e. The summed E-state index contributed by atoms with van der Waals surface area (Å²) in [5.41, 5.74) is -0.0684. The molecule has 0 saturated heterocycles. The highest BCUT2D eigenvalue weighted by Gasteiger charge is 2.37. The lowest BCUT2D eigenvalue weighted by atomic mass is 10.1. The van der Waals surface area contributed by atoms with Crippen LogP contribution in [0, 0.1) is 6.92 Å². The van der Waals surface area contributed by atoms with E-state index in [2.05, 4.69) is 5.10 Å². The third-order valence-electron chi connectivity index (χ3n) is 2.40. The van der Waals surface area contributed by atoms with Crippen LogP contribution in [0.15, 0.2) is 18.2 Å². The number of carbonyl (C=O) groups excluding carboxylic acids is 1. The van der Waals surface area contributed by atoms with Crippen LogP contribution in [0.1, 0.15) is 23.0 Å². The average Bonchev–Trinajstić information content (AvgIpc) is 2.55. The van der Waals surface area contributed by atoms with Crippen molar-refractivity contribution in [3.05, 3.63) is 29.5 Å². The highest BCUT2D eigenvalue weighted by Crippen LogP contribution is 2.34. The fourth-order valence-electron chi connectivity index (χ4n) is 1.67. The van der Waals surface area contributed by atoms with E-state index in [1.807, 2.05) is 0 Å². The van der Waals surface area contributed by atoms with Crippen LogP contribution in [0.3, 0.4) is 0 Å². The molecule has 0 bridgehead atoms. The summed E-state index contributed by atoms with van der Waals surface area (Å²) in [4.78, 5) is 11.2. The third kappa shape index (κ3) is 1.90. The predicted octanol–water partition coefficient (Wildman–Crippen LogP) is 3.02. The molecule has 0 unspecified atom stereocenters. The number of nitrogens with zero attached hydrogens (tertiary/aromatic N) is 2. The van der Waals surface area contributed by atoms with Crippen LogP contribution in [0.2, 0.25) is 0 Å². The number of hydrogen-bond acceptors (Lipinski definition) is 2. The fourth-order valence-corrected chi connectivity index (χ4v) is 1.67. The number of carbonyl (C=O) groups is 1. The Balaban J connectivity index is 2.85. The monoisotopic (exact) mass is 242 g/mol. The quantitative estimate of drug-likeness (QED) is 0.711. The average molecular weight is 242 g/mol. The normalized spacial score (nSPS) is 12.1. The van der Waals surface area contributed by atoms with Gasteiger partial charge in [0.2, 0.25) is 5.91 Å². The minimum absolute atomic E-state index is 0.0571. The Morgan fingerprint density at radius 2 is 2.00 bits per heavy atom. The van der Waals surface area contributed by atoms with Crippen LogP contribution >= 0.6 is 0 Å². The first-order valence-electron chi connectivity index (χ1n) is 4.88. The van der Waals surface area contributed by atoms with E-state index in [4.69, 9.17) is 0 Å². The van der Waals surface area contributed by atoms with E-state index in [-0.39, 0.29) is 10.9 Å². The van der Waals surface area contributed by atoms with Gasteiger partial charge in [0.1, 0.15) is 0 Å². The molecule has 17 heavy (non-hydrogen) atoms. The van der Waals surface area contributed by atoms with E-state index in [0.29, 0.717) is 0 Å². The molecular weight excluding hydrogens is 233 g/mol. The standard InChI is InChI=1S/C11H9F3N2O/c1-6-3-4-8-9(5-6)16(7(2)17)15-10(8)11(12,13)14/h3-5H,1-2H3. The first-order chi connectivity index (χ1) is 7.80. The van der Waals surface area contributed by atoms with E-state index in [9.17, 15) is 18.0 Å². The van der Waals surface area contributed by atoms with Crippen LogP contribution in [0.4, 0.5) is 13.2 Å². The predicted molar refractivity (Wildman–Crippen MR) is 55.8 cm³/mol. The summed E-state index contributed by atoms with van der Waals surface area (Å²) in [5, 5.41) is 3.29. The number of aryl methyl sites for hydroxylation is 1. The minimum atomic E-state index is -4.56. The smallest absolute Gasteiger partial charge is 0.273 e. The molecule has 0 fully saturated rings. The van der Waals surface area contributed by atoms with Gasteiger partial charge in [-0.3, -0.25) is 4.79 Å². The van der Waals surface area contributed by atoms with Gasteiger partial charge in [-0.25, -0.2) is 0 Å². The molecule has 2 rings (SSSR count). The van der Waals surface area contributed by atoms with Gasteiger partial charge in [0.15, 0.2) is 5.69 Å². The van der Waals surface area contributed by atoms with E-state index in [0.717, 1.165) is 10.2 Å². The van der Waals surface area contributed by atoms with Crippen molar-refractivity contribution in [1.29, 1.82) is 0 Å². The molecule has 0 N–H and O–H groups in total. The first kappa shape index (κ1) is 11.6. The lowest BCUT2D eigenvalue weighted by Gasteiger charge is -2.01. The number of benzene rings is 1. The Morgan fingerprint density at radius 1 is 1.35 bits per heavy atom. The Bertz CT molecular complexity index is 599. The molecule has 0 aliphatic heterocycles. The van der Waals surface area contributed by atoms with E-state index < -0.39 is 17.8 Å². The first-order valence-corrected chi connectivity index (χ1v) is 4.88. The summed E-state index contributed by atoms with van der Waals surface area (Å²) in [6, 6.07) is 4.41. The molecule has 0 amide bonds. The summed E-state index contributed by atoms with van der Waals surface area (Å²) in [5.74, 6) is -0.545. The zero-order valence-electron chi connectivity index (χ0n) is 9.17. The second-order valence-electron chi connectivity index (χ2n) is 3.80. The molecule has 90 valence electrons. The molecule has 3 nitrogen and oxygen atoms in total. The van der Waals surface area contributed by atoms with E-state index in [1.54, 1.807) is 13.0 Å². The van der Waals surface area contributed by atoms with Crippen LogP contribution < -0.4 is 0 Å². The fraction of sp³-hybridized carbons (Fsp3) is 0.273. The van der Waals surface area contributed by atoms with Crippen molar-refractivity contribution in [2.24, 2.45) is 0 Å². The summed E-state index contributed by atoms with van der Waals surface area (Å²) in [6.45, 7) is 2.92. The molecule has 0 aliphatic carbocycles.